The highest BCUT2D eigenvalue weighted by Gasteiger charge is 2.54. The van der Waals surface area contributed by atoms with E-state index in [2.05, 4.69) is 13.8 Å². The highest BCUT2D eigenvalue weighted by Crippen LogP contribution is 2.58. The summed E-state index contributed by atoms with van der Waals surface area (Å²) in [5.41, 5.74) is 2.23. The fourth-order valence-electron chi connectivity index (χ4n) is 8.01. The van der Waals surface area contributed by atoms with Crippen molar-refractivity contribution in [3.8, 4) is 22.6 Å². The van der Waals surface area contributed by atoms with Gasteiger partial charge in [-0.3, -0.25) is 0 Å². The van der Waals surface area contributed by atoms with Gasteiger partial charge in [0.25, 0.3) is 0 Å². The summed E-state index contributed by atoms with van der Waals surface area (Å²) in [4.78, 5) is 0. The molecular weight excluding hydrogens is 758 g/mol. The van der Waals surface area contributed by atoms with Crippen molar-refractivity contribution in [2.24, 2.45) is 0 Å². The third-order valence-corrected chi connectivity index (χ3v) is 13.2. The molecule has 5 aromatic carbocycles. The SMILES string of the molecule is CC(C)(C)O[Si](OCCOc1ccc(C2(c3ccc(F)cc3)C=Cc3c4c(c5ccc(F)cc5c3O2)-c2ccc(F)cc2C4(C)C)cc1)(OC(C)(C)C)OC(C)(C)C. The van der Waals surface area contributed by atoms with Gasteiger partial charge in [-0.05, 0) is 145 Å². The molecule has 7 rings (SSSR count). The summed E-state index contributed by atoms with van der Waals surface area (Å²) >= 11 is 0. The Morgan fingerprint density at radius 1 is 0.621 bits per heavy atom. The van der Waals surface area contributed by atoms with Crippen molar-refractivity contribution in [2.75, 3.05) is 13.2 Å². The van der Waals surface area contributed by atoms with E-state index < -0.39 is 42.7 Å². The third-order valence-electron chi connectivity index (χ3n) is 10.0. The third kappa shape index (κ3) is 8.22. The molecular formula is C48H53F3O6Si. The maximum atomic E-state index is 15.2. The molecule has 0 aromatic heterocycles. The minimum absolute atomic E-state index is 0.138. The zero-order valence-electron chi connectivity index (χ0n) is 35.2. The quantitative estimate of drug-likeness (QED) is 0.103. The Kier molecular flexibility index (Phi) is 10.5. The summed E-state index contributed by atoms with van der Waals surface area (Å²) in [6, 6.07) is 23.2. The Balaban J connectivity index is 1.23. The van der Waals surface area contributed by atoms with Gasteiger partial charge >= 0.3 is 9.05 Å². The van der Waals surface area contributed by atoms with E-state index in [-0.39, 0.29) is 24.8 Å². The molecule has 1 heterocycles. The molecule has 0 spiro atoms. The second-order valence-electron chi connectivity index (χ2n) is 18.5. The first kappa shape index (κ1) is 41.7. The van der Waals surface area contributed by atoms with Gasteiger partial charge in [0.2, 0.25) is 0 Å². The second-order valence-corrected chi connectivity index (χ2v) is 20.4. The fraction of sp³-hybridized carbons (Fsp3) is 0.375. The van der Waals surface area contributed by atoms with Crippen LogP contribution in [0.2, 0.25) is 0 Å². The molecule has 5 aromatic rings. The average Bonchev–Trinajstić information content (AvgIpc) is 3.34. The van der Waals surface area contributed by atoms with Gasteiger partial charge in [-0.15, -0.1) is 0 Å². The number of fused-ring (bicyclic) bond motifs is 8. The van der Waals surface area contributed by atoms with Gasteiger partial charge in [-0.25, -0.2) is 13.2 Å². The smallest absolute Gasteiger partial charge is 0.491 e. The minimum atomic E-state index is -3.68. The van der Waals surface area contributed by atoms with E-state index in [1.165, 1.54) is 30.3 Å². The maximum Gasteiger partial charge on any atom is 0.681 e. The van der Waals surface area contributed by atoms with Crippen molar-refractivity contribution in [3.05, 3.63) is 136 Å². The molecule has 0 bridgehead atoms. The lowest BCUT2D eigenvalue weighted by Crippen LogP contribution is -2.59. The van der Waals surface area contributed by atoms with Crippen molar-refractivity contribution < 1.29 is 40.3 Å². The summed E-state index contributed by atoms with van der Waals surface area (Å²) in [6.45, 7) is 21.9. The first-order valence-corrected chi connectivity index (χ1v) is 21.3. The van der Waals surface area contributed by atoms with Crippen LogP contribution in [0, 0.1) is 17.5 Å². The normalized spacial score (nSPS) is 17.5. The van der Waals surface area contributed by atoms with E-state index in [4.69, 9.17) is 27.2 Å². The van der Waals surface area contributed by atoms with E-state index >= 15 is 4.39 Å². The van der Waals surface area contributed by atoms with Crippen LogP contribution in [0.5, 0.6) is 11.5 Å². The summed E-state index contributed by atoms with van der Waals surface area (Å²) in [5, 5.41) is 1.38. The van der Waals surface area contributed by atoms with Gasteiger partial charge < -0.3 is 27.2 Å². The van der Waals surface area contributed by atoms with Gasteiger partial charge in [-0.2, -0.15) is 0 Å². The predicted molar refractivity (Wildman–Crippen MR) is 224 cm³/mol. The minimum Gasteiger partial charge on any atom is -0.491 e. The highest BCUT2D eigenvalue weighted by molar-refractivity contribution is 6.54. The van der Waals surface area contributed by atoms with Gasteiger partial charge in [0.15, 0.2) is 5.60 Å². The molecule has 306 valence electrons. The lowest BCUT2D eigenvalue weighted by Gasteiger charge is -2.41. The van der Waals surface area contributed by atoms with Crippen molar-refractivity contribution in [1.82, 2.24) is 0 Å². The van der Waals surface area contributed by atoms with Crippen LogP contribution >= 0.6 is 0 Å². The van der Waals surface area contributed by atoms with E-state index in [0.717, 1.165) is 38.8 Å². The molecule has 0 saturated carbocycles. The average molecular weight is 811 g/mol. The number of benzene rings is 5. The number of halogens is 3. The molecule has 1 atom stereocenters. The molecule has 6 nitrogen and oxygen atoms in total. The number of hydrogen-bond acceptors (Lipinski definition) is 6. The number of ether oxygens (including phenoxy) is 2. The van der Waals surface area contributed by atoms with Crippen LogP contribution < -0.4 is 9.47 Å². The molecule has 1 aliphatic heterocycles. The van der Waals surface area contributed by atoms with E-state index in [0.29, 0.717) is 22.4 Å². The molecule has 1 aliphatic carbocycles. The van der Waals surface area contributed by atoms with Gasteiger partial charge in [0, 0.05) is 27.5 Å². The lowest BCUT2D eigenvalue weighted by atomic mass is 9.77. The summed E-state index contributed by atoms with van der Waals surface area (Å²) < 4.78 is 83.3. The topological polar surface area (TPSA) is 55.4 Å². The van der Waals surface area contributed by atoms with Crippen LogP contribution in [0.15, 0.2) is 91.0 Å². The molecule has 1 unspecified atom stereocenters. The largest absolute Gasteiger partial charge is 0.681 e. The Morgan fingerprint density at radius 3 is 1.74 bits per heavy atom. The van der Waals surface area contributed by atoms with Crippen molar-refractivity contribution in [2.45, 2.75) is 104 Å². The van der Waals surface area contributed by atoms with Crippen molar-refractivity contribution in [3.63, 3.8) is 0 Å². The first-order chi connectivity index (χ1) is 27.0. The number of hydrogen-bond donors (Lipinski definition) is 0. The van der Waals surface area contributed by atoms with Crippen molar-refractivity contribution >= 4 is 25.9 Å². The molecule has 0 saturated heterocycles. The molecule has 0 N–H and O–H groups in total. The lowest BCUT2D eigenvalue weighted by molar-refractivity contribution is -0.135. The second kappa shape index (κ2) is 14.7. The Labute approximate surface area is 341 Å². The molecule has 0 amide bonds. The zero-order valence-corrected chi connectivity index (χ0v) is 36.2. The van der Waals surface area contributed by atoms with E-state index in [1.54, 1.807) is 30.3 Å². The van der Waals surface area contributed by atoms with E-state index in [9.17, 15) is 8.78 Å². The first-order valence-electron chi connectivity index (χ1n) is 19.7. The van der Waals surface area contributed by atoms with Crippen LogP contribution in [0.3, 0.4) is 0 Å². The molecule has 10 heteroatoms. The highest BCUT2D eigenvalue weighted by atomic mass is 28.4. The molecule has 2 aliphatic rings. The van der Waals surface area contributed by atoms with Gasteiger partial charge in [0.05, 0.1) is 23.4 Å². The maximum absolute atomic E-state index is 15.2. The van der Waals surface area contributed by atoms with Crippen LogP contribution in [-0.4, -0.2) is 39.1 Å². The Bertz CT molecular complexity index is 2330. The van der Waals surface area contributed by atoms with Crippen molar-refractivity contribution in [1.29, 1.82) is 0 Å². The summed E-state index contributed by atoms with van der Waals surface area (Å²) in [6.07, 6.45) is 3.97. The molecule has 0 radical (unpaired) electrons. The summed E-state index contributed by atoms with van der Waals surface area (Å²) in [7, 11) is -3.68. The summed E-state index contributed by atoms with van der Waals surface area (Å²) in [5.74, 6) is -0.0557. The van der Waals surface area contributed by atoms with Crippen LogP contribution in [0.25, 0.3) is 28.0 Å². The Morgan fingerprint density at radius 2 is 1.16 bits per heavy atom. The van der Waals surface area contributed by atoms with E-state index in [1.807, 2.05) is 98.7 Å². The number of rotatable bonds is 10. The fourth-order valence-corrected chi connectivity index (χ4v) is 10.9. The van der Waals surface area contributed by atoms with Gasteiger partial charge in [0.1, 0.15) is 35.6 Å². The monoisotopic (exact) mass is 810 g/mol. The standard InChI is InChI=1S/C48H53F3O6Si/c1-44(2,3)55-58(56-45(4,5)6,57-46(7,8)9)53-27-26-52-35-20-14-31(15-21-35)48(30-12-16-32(49)17-13-30)25-24-38-42-41(36-22-18-33(50)28-39(36)43(38)54-48)37-23-19-34(51)29-40(37)47(42,10)11/h12-25,28-29H,26-27H2,1-11H3. The Hall–Kier alpha value is -4.45. The zero-order chi connectivity index (χ0) is 42.1. The van der Waals surface area contributed by atoms with Crippen LogP contribution in [0.1, 0.15) is 104 Å². The van der Waals surface area contributed by atoms with Crippen LogP contribution in [0.4, 0.5) is 13.2 Å². The molecule has 0 fully saturated rings. The molecule has 58 heavy (non-hydrogen) atoms. The van der Waals surface area contributed by atoms with Gasteiger partial charge in [-0.1, -0.05) is 56.3 Å². The van der Waals surface area contributed by atoms with Crippen LogP contribution in [-0.2, 0) is 28.7 Å². The predicted octanol–water partition coefficient (Wildman–Crippen LogP) is 12.2.